The average molecular weight is 537 g/mol. The molecular formula is C25H21BrN4O3S. The molecule has 34 heavy (non-hydrogen) atoms. The Bertz CT molecular complexity index is 1280. The van der Waals surface area contributed by atoms with E-state index in [0.717, 1.165) is 10.2 Å². The lowest BCUT2D eigenvalue weighted by molar-refractivity contribution is 0.0948. The van der Waals surface area contributed by atoms with Gasteiger partial charge in [-0.1, -0.05) is 58.0 Å². The third-order valence-electron chi connectivity index (χ3n) is 4.97. The van der Waals surface area contributed by atoms with Gasteiger partial charge < -0.3 is 10.1 Å². The van der Waals surface area contributed by atoms with Crippen molar-refractivity contribution in [1.29, 1.82) is 0 Å². The van der Waals surface area contributed by atoms with Crippen LogP contribution in [0.3, 0.4) is 0 Å². The Morgan fingerprint density at radius 3 is 2.29 bits per heavy atom. The lowest BCUT2D eigenvalue weighted by Gasteiger charge is -2.11. The largest absolute Gasteiger partial charge is 0.497 e. The van der Waals surface area contributed by atoms with Crippen LogP contribution in [0, 0.1) is 0 Å². The Labute approximate surface area is 209 Å². The van der Waals surface area contributed by atoms with Gasteiger partial charge in [-0.15, -0.1) is 10.2 Å². The van der Waals surface area contributed by atoms with Crippen LogP contribution in [0.15, 0.2) is 88.5 Å². The first kappa shape index (κ1) is 23.7. The van der Waals surface area contributed by atoms with Crippen molar-refractivity contribution in [2.24, 2.45) is 0 Å². The van der Waals surface area contributed by atoms with Crippen LogP contribution in [0.4, 0.5) is 0 Å². The summed E-state index contributed by atoms with van der Waals surface area (Å²) in [5.74, 6) is 1.22. The quantitative estimate of drug-likeness (QED) is 0.241. The van der Waals surface area contributed by atoms with Crippen LogP contribution >= 0.6 is 27.7 Å². The van der Waals surface area contributed by atoms with Crippen LogP contribution in [-0.2, 0) is 6.54 Å². The molecule has 3 aromatic carbocycles. The molecule has 0 aliphatic rings. The van der Waals surface area contributed by atoms with Crippen LogP contribution in [-0.4, -0.2) is 39.3 Å². The van der Waals surface area contributed by atoms with Crippen LogP contribution in [0.1, 0.15) is 26.5 Å². The molecule has 4 aromatic rings. The summed E-state index contributed by atoms with van der Waals surface area (Å²) in [6.45, 7) is 0.175. The number of carbonyl (C=O) groups excluding carboxylic acids is 2. The summed E-state index contributed by atoms with van der Waals surface area (Å²) in [6, 6.07) is 23.7. The molecule has 1 amide bonds. The number of hydrogen-bond acceptors (Lipinski definition) is 6. The number of halogens is 1. The van der Waals surface area contributed by atoms with Crippen molar-refractivity contribution in [3.63, 3.8) is 0 Å². The Hall–Kier alpha value is -3.43. The molecule has 172 valence electrons. The Morgan fingerprint density at radius 1 is 0.941 bits per heavy atom. The van der Waals surface area contributed by atoms with E-state index in [1.54, 1.807) is 43.5 Å². The highest BCUT2D eigenvalue weighted by atomic mass is 79.9. The summed E-state index contributed by atoms with van der Waals surface area (Å²) >= 11 is 4.69. The number of Topliss-reactive ketones (excluding diaryl/α,β-unsaturated/α-hetero) is 1. The molecular weight excluding hydrogens is 516 g/mol. The highest BCUT2D eigenvalue weighted by Gasteiger charge is 2.17. The zero-order valence-corrected chi connectivity index (χ0v) is 20.7. The molecule has 4 rings (SSSR count). The van der Waals surface area contributed by atoms with Gasteiger partial charge in [0.1, 0.15) is 5.75 Å². The first-order valence-corrected chi connectivity index (χ1v) is 12.2. The fraction of sp³-hybridized carbons (Fsp3) is 0.120. The van der Waals surface area contributed by atoms with Crippen molar-refractivity contribution in [1.82, 2.24) is 20.1 Å². The number of carbonyl (C=O) groups is 2. The summed E-state index contributed by atoms with van der Waals surface area (Å²) in [7, 11) is 1.58. The number of ketones is 1. The Balaban J connectivity index is 1.50. The molecule has 9 heteroatoms. The number of benzene rings is 3. The molecule has 0 atom stereocenters. The van der Waals surface area contributed by atoms with E-state index in [1.807, 2.05) is 47.0 Å². The highest BCUT2D eigenvalue weighted by molar-refractivity contribution is 9.10. The van der Waals surface area contributed by atoms with Gasteiger partial charge in [-0.25, -0.2) is 0 Å². The molecule has 0 unspecified atom stereocenters. The molecule has 1 N–H and O–H groups in total. The number of rotatable bonds is 9. The van der Waals surface area contributed by atoms with E-state index >= 15 is 0 Å². The van der Waals surface area contributed by atoms with E-state index in [-0.39, 0.29) is 24.0 Å². The average Bonchev–Trinajstić information content (AvgIpc) is 3.29. The van der Waals surface area contributed by atoms with Crippen LogP contribution in [0.25, 0.3) is 5.69 Å². The molecule has 0 spiro atoms. The Morgan fingerprint density at radius 2 is 1.62 bits per heavy atom. The number of methoxy groups -OCH3 is 1. The van der Waals surface area contributed by atoms with Crippen LogP contribution in [0.5, 0.6) is 5.75 Å². The second-order valence-electron chi connectivity index (χ2n) is 7.20. The highest BCUT2D eigenvalue weighted by Crippen LogP contribution is 2.23. The van der Waals surface area contributed by atoms with Gasteiger partial charge in [0.15, 0.2) is 16.8 Å². The van der Waals surface area contributed by atoms with Crippen molar-refractivity contribution in [3.8, 4) is 11.4 Å². The number of nitrogens with one attached hydrogen (secondary N) is 1. The summed E-state index contributed by atoms with van der Waals surface area (Å²) in [5.41, 5.74) is 1.99. The van der Waals surface area contributed by atoms with Gasteiger partial charge in [0.05, 0.1) is 19.4 Å². The van der Waals surface area contributed by atoms with Gasteiger partial charge in [-0.3, -0.25) is 14.2 Å². The molecule has 7 nitrogen and oxygen atoms in total. The third-order valence-corrected chi connectivity index (χ3v) is 6.43. The minimum absolute atomic E-state index is 0.00512. The normalized spacial score (nSPS) is 10.6. The number of thioether (sulfide) groups is 1. The lowest BCUT2D eigenvalue weighted by Crippen LogP contribution is -2.24. The molecule has 0 aliphatic heterocycles. The van der Waals surface area contributed by atoms with Gasteiger partial charge in [0.2, 0.25) is 0 Å². The number of ether oxygens (including phenoxy) is 1. The van der Waals surface area contributed by atoms with E-state index in [4.69, 9.17) is 4.74 Å². The predicted molar refractivity (Wildman–Crippen MR) is 135 cm³/mol. The third kappa shape index (κ3) is 5.73. The summed E-state index contributed by atoms with van der Waals surface area (Å²) in [4.78, 5) is 25.2. The molecule has 0 radical (unpaired) electrons. The Kier molecular flexibility index (Phi) is 7.76. The van der Waals surface area contributed by atoms with Crippen molar-refractivity contribution in [3.05, 3.63) is 100 Å². The van der Waals surface area contributed by atoms with Crippen molar-refractivity contribution in [2.75, 3.05) is 12.9 Å². The summed E-state index contributed by atoms with van der Waals surface area (Å²) in [6.07, 6.45) is 0. The maximum atomic E-state index is 12.6. The predicted octanol–water partition coefficient (Wildman–Crippen LogP) is 4.94. The fourth-order valence-corrected chi connectivity index (χ4v) is 4.33. The lowest BCUT2D eigenvalue weighted by atomic mass is 10.2. The first-order chi connectivity index (χ1) is 16.5. The van der Waals surface area contributed by atoms with E-state index in [9.17, 15) is 9.59 Å². The van der Waals surface area contributed by atoms with Gasteiger partial charge in [-0.2, -0.15) is 0 Å². The topological polar surface area (TPSA) is 86.1 Å². The van der Waals surface area contributed by atoms with Crippen molar-refractivity contribution in [2.45, 2.75) is 11.7 Å². The molecule has 0 saturated carbocycles. The zero-order valence-electron chi connectivity index (χ0n) is 18.3. The second kappa shape index (κ2) is 11.1. The van der Waals surface area contributed by atoms with E-state index < -0.39 is 0 Å². The van der Waals surface area contributed by atoms with Gasteiger partial charge >= 0.3 is 0 Å². The van der Waals surface area contributed by atoms with Crippen molar-refractivity contribution < 1.29 is 14.3 Å². The first-order valence-electron chi connectivity index (χ1n) is 10.4. The molecule has 0 saturated heterocycles. The standard InChI is InChI=1S/C25H21BrN4O3S/c1-33-21-13-9-18(10-14-21)24(32)27-15-23-28-29-25(30(23)20-5-3-2-4-6-20)34-16-22(31)17-7-11-19(26)12-8-17/h2-14H,15-16H2,1H3,(H,27,32). The monoisotopic (exact) mass is 536 g/mol. The zero-order chi connectivity index (χ0) is 23.9. The molecule has 0 bridgehead atoms. The van der Waals surface area contributed by atoms with Gasteiger partial charge in [0, 0.05) is 21.3 Å². The maximum absolute atomic E-state index is 12.6. The van der Waals surface area contributed by atoms with Gasteiger partial charge in [-0.05, 0) is 48.5 Å². The van der Waals surface area contributed by atoms with Crippen molar-refractivity contribution >= 4 is 39.4 Å². The number of nitrogens with zero attached hydrogens (tertiary/aromatic N) is 3. The smallest absolute Gasteiger partial charge is 0.251 e. The number of para-hydroxylation sites is 1. The number of amides is 1. The minimum Gasteiger partial charge on any atom is -0.497 e. The number of aromatic nitrogens is 3. The van der Waals surface area contributed by atoms with E-state index in [0.29, 0.717) is 27.9 Å². The van der Waals surface area contributed by atoms with Crippen LogP contribution < -0.4 is 10.1 Å². The maximum Gasteiger partial charge on any atom is 0.251 e. The fourth-order valence-electron chi connectivity index (χ4n) is 3.20. The molecule has 0 aliphatic carbocycles. The van der Waals surface area contributed by atoms with Crippen LogP contribution in [0.2, 0.25) is 0 Å². The second-order valence-corrected chi connectivity index (χ2v) is 9.06. The van der Waals surface area contributed by atoms with E-state index in [1.165, 1.54) is 11.8 Å². The number of hydrogen-bond donors (Lipinski definition) is 1. The SMILES string of the molecule is COc1ccc(C(=O)NCc2nnc(SCC(=O)c3ccc(Br)cc3)n2-c2ccccc2)cc1. The minimum atomic E-state index is -0.232. The molecule has 0 fully saturated rings. The van der Waals surface area contributed by atoms with E-state index in [2.05, 4.69) is 31.4 Å². The summed E-state index contributed by atoms with van der Waals surface area (Å²) in [5, 5.41) is 12.0. The summed E-state index contributed by atoms with van der Waals surface area (Å²) < 4.78 is 7.91. The molecule has 1 aromatic heterocycles. The molecule has 1 heterocycles. The van der Waals surface area contributed by atoms with Gasteiger partial charge in [0.25, 0.3) is 5.91 Å².